The van der Waals surface area contributed by atoms with Crippen LogP contribution in [0.1, 0.15) is 25.3 Å². The number of rotatable bonds is 5. The fraction of sp³-hybridized carbons (Fsp3) is 0.625. The van der Waals surface area contributed by atoms with Crippen molar-refractivity contribution in [3.63, 3.8) is 0 Å². The van der Waals surface area contributed by atoms with E-state index >= 15 is 0 Å². The van der Waals surface area contributed by atoms with E-state index in [4.69, 9.17) is 9.47 Å². The Morgan fingerprint density at radius 1 is 1.30 bits per heavy atom. The second-order valence-corrected chi connectivity index (χ2v) is 5.61. The summed E-state index contributed by atoms with van der Waals surface area (Å²) in [6.07, 6.45) is 2.40. The number of piperidine rings is 1. The van der Waals surface area contributed by atoms with Crippen molar-refractivity contribution in [2.75, 3.05) is 27.8 Å². The molecule has 2 rings (SSSR count). The molecule has 0 spiro atoms. The van der Waals surface area contributed by atoms with E-state index < -0.39 is 0 Å². The molecule has 1 fully saturated rings. The molecule has 2 atom stereocenters. The minimum Gasteiger partial charge on any atom is -0.497 e. The summed E-state index contributed by atoms with van der Waals surface area (Å²) in [6, 6.07) is 7.17. The molecular formula is C16H26N2O2. The first-order valence-corrected chi connectivity index (χ1v) is 7.28. The molecule has 0 saturated carbocycles. The lowest BCUT2D eigenvalue weighted by atomic mass is 9.98. The summed E-state index contributed by atoms with van der Waals surface area (Å²) in [5, 5.41) is 3.65. The Kier molecular flexibility index (Phi) is 5.26. The molecule has 4 nitrogen and oxygen atoms in total. The Balaban J connectivity index is 1.96. The first kappa shape index (κ1) is 15.1. The van der Waals surface area contributed by atoms with Gasteiger partial charge in [0.25, 0.3) is 0 Å². The topological polar surface area (TPSA) is 33.7 Å². The highest BCUT2D eigenvalue weighted by molar-refractivity contribution is 5.40. The molecule has 1 aliphatic heterocycles. The van der Waals surface area contributed by atoms with Crippen LogP contribution >= 0.6 is 0 Å². The van der Waals surface area contributed by atoms with Crippen LogP contribution in [-0.2, 0) is 6.54 Å². The van der Waals surface area contributed by atoms with Gasteiger partial charge in [-0.3, -0.25) is 0 Å². The number of benzene rings is 1. The van der Waals surface area contributed by atoms with Gasteiger partial charge in [0, 0.05) is 24.2 Å². The fourth-order valence-electron chi connectivity index (χ4n) is 2.75. The fourth-order valence-corrected chi connectivity index (χ4v) is 2.75. The van der Waals surface area contributed by atoms with E-state index in [1.165, 1.54) is 12.8 Å². The predicted octanol–water partition coefficient (Wildman–Crippen LogP) is 2.28. The number of ether oxygens (including phenoxy) is 2. The molecule has 0 aromatic heterocycles. The number of likely N-dealkylation sites (tertiary alicyclic amines) is 1. The number of hydrogen-bond acceptors (Lipinski definition) is 4. The van der Waals surface area contributed by atoms with Crippen LogP contribution in [0.4, 0.5) is 0 Å². The Morgan fingerprint density at radius 3 is 2.75 bits per heavy atom. The molecule has 1 saturated heterocycles. The van der Waals surface area contributed by atoms with Gasteiger partial charge in [-0.25, -0.2) is 0 Å². The average Bonchev–Trinajstić information content (AvgIpc) is 2.48. The van der Waals surface area contributed by atoms with Crippen molar-refractivity contribution in [1.29, 1.82) is 0 Å². The largest absolute Gasteiger partial charge is 0.497 e. The van der Waals surface area contributed by atoms with E-state index in [2.05, 4.69) is 24.2 Å². The molecule has 20 heavy (non-hydrogen) atoms. The molecule has 0 aliphatic carbocycles. The zero-order valence-corrected chi connectivity index (χ0v) is 13.0. The second kappa shape index (κ2) is 6.95. The maximum absolute atomic E-state index is 5.42. The van der Waals surface area contributed by atoms with Crippen molar-refractivity contribution in [2.45, 2.75) is 38.4 Å². The second-order valence-electron chi connectivity index (χ2n) is 5.61. The summed E-state index contributed by atoms with van der Waals surface area (Å²) in [5.74, 6) is 1.79. The molecule has 2 unspecified atom stereocenters. The Bertz CT molecular complexity index is 436. The normalized spacial score (nSPS) is 23.6. The van der Waals surface area contributed by atoms with Crippen molar-refractivity contribution < 1.29 is 9.47 Å². The first-order valence-electron chi connectivity index (χ1n) is 7.28. The summed E-state index contributed by atoms with van der Waals surface area (Å²) in [6.45, 7) is 4.27. The van der Waals surface area contributed by atoms with Crippen LogP contribution in [0.2, 0.25) is 0 Å². The molecule has 112 valence electrons. The van der Waals surface area contributed by atoms with Gasteiger partial charge in [0.05, 0.1) is 14.2 Å². The third kappa shape index (κ3) is 3.64. The molecular weight excluding hydrogens is 252 g/mol. The molecule has 4 heteroatoms. The number of nitrogens with one attached hydrogen (secondary N) is 1. The Hall–Kier alpha value is -1.26. The van der Waals surface area contributed by atoms with Gasteiger partial charge in [0.15, 0.2) is 0 Å². The van der Waals surface area contributed by atoms with Crippen molar-refractivity contribution in [3.8, 4) is 11.5 Å². The smallest absolute Gasteiger partial charge is 0.123 e. The third-order valence-corrected chi connectivity index (χ3v) is 4.28. The molecule has 1 heterocycles. The minimum absolute atomic E-state index is 0.581. The van der Waals surface area contributed by atoms with Gasteiger partial charge in [0.2, 0.25) is 0 Å². The van der Waals surface area contributed by atoms with Crippen molar-refractivity contribution in [2.24, 2.45) is 0 Å². The lowest BCUT2D eigenvalue weighted by molar-refractivity contribution is 0.168. The minimum atomic E-state index is 0.581. The zero-order chi connectivity index (χ0) is 14.5. The number of nitrogens with zero attached hydrogens (tertiary/aromatic N) is 1. The van der Waals surface area contributed by atoms with E-state index in [0.717, 1.165) is 30.2 Å². The van der Waals surface area contributed by atoms with Crippen LogP contribution < -0.4 is 14.8 Å². The summed E-state index contributed by atoms with van der Waals surface area (Å²) in [5.41, 5.74) is 1.15. The van der Waals surface area contributed by atoms with E-state index in [-0.39, 0.29) is 0 Å². The van der Waals surface area contributed by atoms with E-state index in [9.17, 15) is 0 Å². The first-order chi connectivity index (χ1) is 9.63. The van der Waals surface area contributed by atoms with Crippen LogP contribution in [-0.4, -0.2) is 44.8 Å². The number of hydrogen-bond donors (Lipinski definition) is 1. The van der Waals surface area contributed by atoms with Gasteiger partial charge in [-0.2, -0.15) is 0 Å². The zero-order valence-electron chi connectivity index (χ0n) is 13.0. The summed E-state index contributed by atoms with van der Waals surface area (Å²) in [7, 11) is 5.60. The average molecular weight is 278 g/mol. The lowest BCUT2D eigenvalue weighted by Crippen LogP contribution is -2.45. The van der Waals surface area contributed by atoms with E-state index in [1.54, 1.807) is 14.2 Å². The van der Waals surface area contributed by atoms with Crippen LogP contribution in [0.3, 0.4) is 0 Å². The Labute approximate surface area is 122 Å². The van der Waals surface area contributed by atoms with Crippen molar-refractivity contribution in [3.05, 3.63) is 23.8 Å². The highest BCUT2D eigenvalue weighted by Gasteiger charge is 2.22. The SMILES string of the molecule is COc1ccc(OC)c(CNC2CCN(C)C(C)C2)c1. The van der Waals surface area contributed by atoms with Gasteiger partial charge < -0.3 is 19.7 Å². The maximum atomic E-state index is 5.42. The van der Waals surface area contributed by atoms with Crippen LogP contribution in [0.5, 0.6) is 11.5 Å². The molecule has 1 aromatic rings. The molecule has 1 N–H and O–H groups in total. The highest BCUT2D eigenvalue weighted by atomic mass is 16.5. The summed E-state index contributed by atoms with van der Waals surface area (Å²) >= 11 is 0. The summed E-state index contributed by atoms with van der Waals surface area (Å²) in [4.78, 5) is 2.42. The van der Waals surface area contributed by atoms with Crippen molar-refractivity contribution >= 4 is 0 Å². The molecule has 0 amide bonds. The van der Waals surface area contributed by atoms with Crippen LogP contribution in [0, 0.1) is 0 Å². The highest BCUT2D eigenvalue weighted by Crippen LogP contribution is 2.24. The number of methoxy groups -OCH3 is 2. The third-order valence-electron chi connectivity index (χ3n) is 4.28. The van der Waals surface area contributed by atoms with E-state index in [1.807, 2.05) is 18.2 Å². The Morgan fingerprint density at radius 2 is 2.10 bits per heavy atom. The van der Waals surface area contributed by atoms with Crippen molar-refractivity contribution in [1.82, 2.24) is 10.2 Å². The molecule has 1 aliphatic rings. The molecule has 1 aromatic carbocycles. The van der Waals surface area contributed by atoms with Gasteiger partial charge in [0.1, 0.15) is 11.5 Å². The lowest BCUT2D eigenvalue weighted by Gasteiger charge is -2.35. The monoisotopic (exact) mass is 278 g/mol. The quantitative estimate of drug-likeness (QED) is 0.896. The predicted molar refractivity (Wildman–Crippen MR) is 81.5 cm³/mol. The molecule has 0 bridgehead atoms. The van der Waals surface area contributed by atoms with Gasteiger partial charge in [-0.1, -0.05) is 0 Å². The standard InChI is InChI=1S/C16H26N2O2/c1-12-9-14(7-8-18(12)2)17-11-13-10-15(19-3)5-6-16(13)20-4/h5-6,10,12,14,17H,7-9,11H2,1-4H3. The van der Waals surface area contributed by atoms with Gasteiger partial charge in [-0.15, -0.1) is 0 Å². The van der Waals surface area contributed by atoms with Gasteiger partial charge in [-0.05, 0) is 51.6 Å². The van der Waals surface area contributed by atoms with Crippen LogP contribution in [0.15, 0.2) is 18.2 Å². The molecule has 0 radical (unpaired) electrons. The van der Waals surface area contributed by atoms with E-state index in [0.29, 0.717) is 12.1 Å². The van der Waals surface area contributed by atoms with Gasteiger partial charge >= 0.3 is 0 Å². The van der Waals surface area contributed by atoms with Crippen LogP contribution in [0.25, 0.3) is 0 Å². The summed E-state index contributed by atoms with van der Waals surface area (Å²) < 4.78 is 10.7. The maximum Gasteiger partial charge on any atom is 0.123 e.